The van der Waals surface area contributed by atoms with Crippen molar-refractivity contribution in [2.75, 3.05) is 18.4 Å². The normalized spacial score (nSPS) is 18.7. The van der Waals surface area contributed by atoms with Gasteiger partial charge in [-0.05, 0) is 36.2 Å². The number of anilines is 1. The first-order valence-corrected chi connectivity index (χ1v) is 7.03. The van der Waals surface area contributed by atoms with E-state index in [1.807, 2.05) is 13.8 Å². The van der Waals surface area contributed by atoms with Gasteiger partial charge < -0.3 is 15.0 Å². The highest BCUT2D eigenvalue weighted by Crippen LogP contribution is 2.15. The largest absolute Gasteiger partial charge is 0.447 e. The molecule has 0 spiro atoms. The van der Waals surface area contributed by atoms with Crippen LogP contribution in [0.3, 0.4) is 0 Å². The zero-order valence-electron chi connectivity index (χ0n) is 11.0. The molecule has 1 aliphatic rings. The van der Waals surface area contributed by atoms with E-state index in [1.54, 1.807) is 17.3 Å². The van der Waals surface area contributed by atoms with Crippen LogP contribution in [0.4, 0.5) is 10.7 Å². The van der Waals surface area contributed by atoms with Gasteiger partial charge in [-0.25, -0.2) is 14.8 Å². The Hall–Kier alpha value is -1.37. The summed E-state index contributed by atoms with van der Waals surface area (Å²) in [5.41, 5.74) is 0. The minimum atomic E-state index is -0.254. The maximum Gasteiger partial charge on any atom is 0.410 e. The van der Waals surface area contributed by atoms with Crippen LogP contribution in [0.1, 0.15) is 20.3 Å². The van der Waals surface area contributed by atoms with Gasteiger partial charge in [0.2, 0.25) is 5.95 Å². The molecule has 1 N–H and O–H groups in total. The van der Waals surface area contributed by atoms with Crippen molar-refractivity contribution in [3.63, 3.8) is 0 Å². The highest BCUT2D eigenvalue weighted by atomic mass is 79.9. The topological polar surface area (TPSA) is 67.3 Å². The second kappa shape index (κ2) is 6.18. The lowest BCUT2D eigenvalue weighted by Crippen LogP contribution is -2.33. The Labute approximate surface area is 120 Å². The fraction of sp³-hybridized carbons (Fsp3) is 0.583. The van der Waals surface area contributed by atoms with Crippen LogP contribution < -0.4 is 5.32 Å². The molecule has 104 valence electrons. The number of rotatable bonds is 3. The van der Waals surface area contributed by atoms with Crippen LogP contribution in [0.15, 0.2) is 16.9 Å². The summed E-state index contributed by atoms with van der Waals surface area (Å²) in [5, 5.41) is 3.21. The highest BCUT2D eigenvalue weighted by Gasteiger charge is 2.28. The summed E-state index contributed by atoms with van der Waals surface area (Å²) in [5.74, 6) is 0.576. The summed E-state index contributed by atoms with van der Waals surface area (Å²) >= 11 is 3.29. The second-order valence-electron chi connectivity index (χ2n) is 4.73. The van der Waals surface area contributed by atoms with Gasteiger partial charge in [-0.1, -0.05) is 0 Å². The third-order valence-corrected chi connectivity index (χ3v) is 3.15. The van der Waals surface area contributed by atoms with Gasteiger partial charge in [-0.2, -0.15) is 0 Å². The number of ether oxygens (including phenoxy) is 1. The van der Waals surface area contributed by atoms with E-state index in [-0.39, 0.29) is 18.2 Å². The average molecular weight is 329 g/mol. The minimum absolute atomic E-state index is 0.0886. The molecule has 7 heteroatoms. The first-order valence-electron chi connectivity index (χ1n) is 6.24. The highest BCUT2D eigenvalue weighted by molar-refractivity contribution is 9.10. The molecule has 2 heterocycles. The predicted octanol–water partition coefficient (Wildman–Crippen LogP) is 2.27. The maximum atomic E-state index is 11.7. The Bertz CT molecular complexity index is 438. The molecule has 1 aliphatic heterocycles. The van der Waals surface area contributed by atoms with Crippen LogP contribution in [0.2, 0.25) is 0 Å². The Morgan fingerprint density at radius 1 is 1.53 bits per heavy atom. The van der Waals surface area contributed by atoms with E-state index in [9.17, 15) is 4.79 Å². The molecular formula is C12H17BrN4O2. The Balaban J connectivity index is 1.85. The number of nitrogens with one attached hydrogen (secondary N) is 1. The van der Waals surface area contributed by atoms with Crippen molar-refractivity contribution in [2.45, 2.75) is 32.4 Å². The van der Waals surface area contributed by atoms with E-state index in [0.717, 1.165) is 10.9 Å². The molecule has 6 nitrogen and oxygen atoms in total. The quantitative estimate of drug-likeness (QED) is 0.921. The Kier molecular flexibility index (Phi) is 4.57. The monoisotopic (exact) mass is 328 g/mol. The van der Waals surface area contributed by atoms with E-state index in [1.165, 1.54) is 0 Å². The number of hydrogen-bond donors (Lipinski definition) is 1. The number of carbonyl (C=O) groups excluding carboxylic acids is 1. The molecule has 1 aromatic rings. The van der Waals surface area contributed by atoms with E-state index in [4.69, 9.17) is 4.74 Å². The van der Waals surface area contributed by atoms with Crippen LogP contribution in [0.25, 0.3) is 0 Å². The lowest BCUT2D eigenvalue weighted by atomic mass is 10.3. The number of aromatic nitrogens is 2. The minimum Gasteiger partial charge on any atom is -0.447 e. The van der Waals surface area contributed by atoms with Gasteiger partial charge in [0.1, 0.15) is 0 Å². The summed E-state index contributed by atoms with van der Waals surface area (Å²) < 4.78 is 6.01. The molecule has 1 amide bonds. The zero-order valence-corrected chi connectivity index (χ0v) is 12.6. The van der Waals surface area contributed by atoms with Crippen molar-refractivity contribution >= 4 is 28.0 Å². The summed E-state index contributed by atoms with van der Waals surface area (Å²) in [6, 6.07) is 0.167. The number of amides is 1. The van der Waals surface area contributed by atoms with Gasteiger partial charge in [-0.3, -0.25) is 0 Å². The van der Waals surface area contributed by atoms with Gasteiger partial charge >= 0.3 is 6.09 Å². The molecule has 2 rings (SSSR count). The van der Waals surface area contributed by atoms with Gasteiger partial charge in [0.25, 0.3) is 0 Å². The van der Waals surface area contributed by atoms with Crippen LogP contribution in [-0.4, -0.2) is 46.2 Å². The number of likely N-dealkylation sites (tertiary alicyclic amines) is 1. The molecule has 1 aromatic heterocycles. The van der Waals surface area contributed by atoms with E-state index >= 15 is 0 Å². The molecule has 0 radical (unpaired) electrons. The van der Waals surface area contributed by atoms with Crippen LogP contribution in [0, 0.1) is 0 Å². The van der Waals surface area contributed by atoms with E-state index in [0.29, 0.717) is 19.0 Å². The zero-order chi connectivity index (χ0) is 13.8. The van der Waals surface area contributed by atoms with Crippen molar-refractivity contribution in [3.05, 3.63) is 16.9 Å². The molecule has 0 aliphatic carbocycles. The van der Waals surface area contributed by atoms with Gasteiger partial charge in [0.05, 0.1) is 10.6 Å². The summed E-state index contributed by atoms with van der Waals surface area (Å²) in [4.78, 5) is 21.8. The Morgan fingerprint density at radius 2 is 2.21 bits per heavy atom. The Morgan fingerprint density at radius 3 is 2.84 bits per heavy atom. The molecule has 1 saturated heterocycles. The standard InChI is InChI=1S/C12H17BrN4O2/c1-8(2)19-12(18)17-4-3-10(7-17)16-11-14-5-9(13)6-15-11/h5-6,8,10H,3-4,7H2,1-2H3,(H,14,15,16)/t10-/m0/s1. The van der Waals surface area contributed by atoms with Gasteiger partial charge in [0.15, 0.2) is 0 Å². The number of carbonyl (C=O) groups is 1. The third-order valence-electron chi connectivity index (χ3n) is 2.74. The number of nitrogens with zero attached hydrogens (tertiary/aromatic N) is 3. The van der Waals surface area contributed by atoms with E-state index in [2.05, 4.69) is 31.2 Å². The lowest BCUT2D eigenvalue weighted by Gasteiger charge is -2.18. The fourth-order valence-corrected chi connectivity index (χ4v) is 2.09. The SMILES string of the molecule is CC(C)OC(=O)N1CC[C@H](Nc2ncc(Br)cn2)C1. The van der Waals surface area contributed by atoms with Crippen molar-refractivity contribution in [1.82, 2.24) is 14.9 Å². The predicted molar refractivity (Wildman–Crippen MR) is 74.9 cm³/mol. The summed E-state index contributed by atoms with van der Waals surface area (Å²) in [6.07, 6.45) is 3.90. The third kappa shape index (κ3) is 4.05. The van der Waals surface area contributed by atoms with Crippen LogP contribution >= 0.6 is 15.9 Å². The smallest absolute Gasteiger partial charge is 0.410 e. The molecule has 0 aromatic carbocycles. The number of hydrogen-bond acceptors (Lipinski definition) is 5. The molecule has 1 fully saturated rings. The first-order chi connectivity index (χ1) is 9.04. The second-order valence-corrected chi connectivity index (χ2v) is 5.65. The maximum absolute atomic E-state index is 11.7. The number of halogens is 1. The molecule has 0 saturated carbocycles. The van der Waals surface area contributed by atoms with Crippen molar-refractivity contribution in [1.29, 1.82) is 0 Å². The summed E-state index contributed by atoms with van der Waals surface area (Å²) in [7, 11) is 0. The van der Waals surface area contributed by atoms with Crippen LogP contribution in [-0.2, 0) is 4.74 Å². The average Bonchev–Trinajstić information content (AvgIpc) is 2.80. The molecule has 1 atom stereocenters. The van der Waals surface area contributed by atoms with Crippen molar-refractivity contribution in [2.24, 2.45) is 0 Å². The molecule has 0 unspecified atom stereocenters. The van der Waals surface area contributed by atoms with Crippen molar-refractivity contribution < 1.29 is 9.53 Å². The fourth-order valence-electron chi connectivity index (χ4n) is 1.89. The molecule has 19 heavy (non-hydrogen) atoms. The van der Waals surface area contributed by atoms with Crippen LogP contribution in [0.5, 0.6) is 0 Å². The lowest BCUT2D eigenvalue weighted by molar-refractivity contribution is 0.0834. The van der Waals surface area contributed by atoms with Gasteiger partial charge in [0, 0.05) is 31.5 Å². The molecule has 0 bridgehead atoms. The summed E-state index contributed by atoms with van der Waals surface area (Å²) in [6.45, 7) is 5.00. The first kappa shape index (κ1) is 14.0. The van der Waals surface area contributed by atoms with Gasteiger partial charge in [-0.15, -0.1) is 0 Å². The molecular weight excluding hydrogens is 312 g/mol. The van der Waals surface area contributed by atoms with Crippen molar-refractivity contribution in [3.8, 4) is 0 Å². The van der Waals surface area contributed by atoms with E-state index < -0.39 is 0 Å².